The molecule has 0 radical (unpaired) electrons. The summed E-state index contributed by atoms with van der Waals surface area (Å²) in [5.41, 5.74) is 0.848. The Labute approximate surface area is 107 Å². The first-order valence-corrected chi connectivity index (χ1v) is 6.47. The second-order valence-electron chi connectivity index (χ2n) is 4.64. The molecule has 0 spiro atoms. The van der Waals surface area contributed by atoms with Crippen LogP contribution in [0.5, 0.6) is 0 Å². The third-order valence-corrected chi connectivity index (χ3v) is 3.24. The number of hydrogen-bond donors (Lipinski definition) is 1. The molecule has 18 heavy (non-hydrogen) atoms. The maximum atomic E-state index is 13.1. The number of benzene rings is 1. The monoisotopic (exact) mass is 250 g/mol. The largest absolute Gasteiger partial charge is 0.337 e. The first-order valence-electron chi connectivity index (χ1n) is 6.47. The van der Waals surface area contributed by atoms with Crippen LogP contribution < -0.4 is 5.32 Å². The lowest BCUT2D eigenvalue weighted by molar-refractivity contribution is -0.136. The van der Waals surface area contributed by atoms with Crippen molar-refractivity contribution in [2.75, 3.05) is 13.1 Å². The van der Waals surface area contributed by atoms with E-state index in [1.807, 2.05) is 17.9 Å². The van der Waals surface area contributed by atoms with Crippen molar-refractivity contribution in [1.29, 1.82) is 0 Å². The summed E-state index contributed by atoms with van der Waals surface area (Å²) in [6, 6.07) is 6.37. The molecule has 1 unspecified atom stereocenters. The third-order valence-electron chi connectivity index (χ3n) is 3.24. The Kier molecular flexibility index (Phi) is 4.31. The predicted molar refractivity (Wildman–Crippen MR) is 68.5 cm³/mol. The molecule has 1 aromatic rings. The highest BCUT2D eigenvalue weighted by Gasteiger charge is 2.27. The van der Waals surface area contributed by atoms with Crippen molar-refractivity contribution in [3.05, 3.63) is 35.6 Å². The number of carbonyl (C=O) groups excluding carboxylic acids is 1. The van der Waals surface area contributed by atoms with Gasteiger partial charge in [-0.15, -0.1) is 0 Å². The molecule has 3 nitrogen and oxygen atoms in total. The van der Waals surface area contributed by atoms with Crippen LogP contribution in [-0.4, -0.2) is 29.9 Å². The topological polar surface area (TPSA) is 32.3 Å². The van der Waals surface area contributed by atoms with Gasteiger partial charge in [0.1, 0.15) is 5.82 Å². The van der Waals surface area contributed by atoms with E-state index in [1.54, 1.807) is 6.07 Å². The van der Waals surface area contributed by atoms with Crippen LogP contribution in [-0.2, 0) is 11.3 Å². The molecular formula is C14H19FN2O. The van der Waals surface area contributed by atoms with Gasteiger partial charge in [-0.1, -0.05) is 19.1 Å². The van der Waals surface area contributed by atoms with E-state index < -0.39 is 0 Å². The van der Waals surface area contributed by atoms with Crippen molar-refractivity contribution in [3.63, 3.8) is 0 Å². The van der Waals surface area contributed by atoms with Gasteiger partial charge < -0.3 is 10.2 Å². The van der Waals surface area contributed by atoms with Gasteiger partial charge in [-0.05, 0) is 37.1 Å². The molecule has 98 valence electrons. The highest BCUT2D eigenvalue weighted by molar-refractivity contribution is 5.82. The summed E-state index contributed by atoms with van der Waals surface area (Å²) in [5.74, 6) is -0.118. The average molecular weight is 250 g/mol. The molecule has 1 aliphatic rings. The molecule has 1 fully saturated rings. The van der Waals surface area contributed by atoms with Crippen LogP contribution in [0.4, 0.5) is 4.39 Å². The Bertz CT molecular complexity index is 420. The number of hydrogen-bond acceptors (Lipinski definition) is 2. The zero-order chi connectivity index (χ0) is 13.0. The predicted octanol–water partition coefficient (Wildman–Crippen LogP) is 1.93. The van der Waals surface area contributed by atoms with Crippen LogP contribution >= 0.6 is 0 Å². The van der Waals surface area contributed by atoms with Gasteiger partial charge >= 0.3 is 0 Å². The number of likely N-dealkylation sites (tertiary alicyclic amines) is 1. The van der Waals surface area contributed by atoms with Crippen molar-refractivity contribution in [3.8, 4) is 0 Å². The van der Waals surface area contributed by atoms with Gasteiger partial charge in [-0.3, -0.25) is 4.79 Å². The van der Waals surface area contributed by atoms with Gasteiger partial charge in [0.2, 0.25) is 5.91 Å². The summed E-state index contributed by atoms with van der Waals surface area (Å²) in [6.07, 6.45) is 1.89. The number of nitrogens with zero attached hydrogens (tertiary/aromatic N) is 1. The van der Waals surface area contributed by atoms with E-state index in [1.165, 1.54) is 12.1 Å². The highest BCUT2D eigenvalue weighted by atomic mass is 19.1. The van der Waals surface area contributed by atoms with Gasteiger partial charge in [0.25, 0.3) is 0 Å². The van der Waals surface area contributed by atoms with Crippen LogP contribution in [0, 0.1) is 5.82 Å². The average Bonchev–Trinajstić information content (AvgIpc) is 2.35. The Morgan fingerprint density at radius 3 is 3.06 bits per heavy atom. The molecule has 4 heteroatoms. The minimum absolute atomic E-state index is 0.0719. The lowest BCUT2D eigenvalue weighted by Crippen LogP contribution is -2.50. The van der Waals surface area contributed by atoms with E-state index >= 15 is 0 Å². The Morgan fingerprint density at radius 2 is 2.33 bits per heavy atom. The molecular weight excluding hydrogens is 231 g/mol. The Balaban J connectivity index is 2.02. The number of nitrogens with one attached hydrogen (secondary N) is 1. The SMILES string of the molecule is CCNC1CCCN(Cc2cccc(F)c2)C1=O. The molecule has 1 aliphatic heterocycles. The summed E-state index contributed by atoms with van der Waals surface area (Å²) in [4.78, 5) is 14.0. The van der Waals surface area contributed by atoms with Crippen molar-refractivity contribution in [1.82, 2.24) is 10.2 Å². The Hall–Kier alpha value is -1.42. The highest BCUT2D eigenvalue weighted by Crippen LogP contribution is 2.15. The van der Waals surface area contributed by atoms with E-state index in [0.29, 0.717) is 6.54 Å². The molecule has 1 N–H and O–H groups in total. The number of halogens is 1. The lowest BCUT2D eigenvalue weighted by atomic mass is 10.0. The molecule has 1 heterocycles. The molecule has 1 amide bonds. The summed E-state index contributed by atoms with van der Waals surface area (Å²) >= 11 is 0. The van der Waals surface area contributed by atoms with Crippen molar-refractivity contribution in [2.45, 2.75) is 32.4 Å². The molecule has 1 atom stereocenters. The van der Waals surface area contributed by atoms with Crippen LogP contribution in [0.2, 0.25) is 0 Å². The molecule has 0 aliphatic carbocycles. The summed E-state index contributed by atoms with van der Waals surface area (Å²) < 4.78 is 13.1. The van der Waals surface area contributed by atoms with Crippen LogP contribution in [0.3, 0.4) is 0 Å². The number of rotatable bonds is 4. The van der Waals surface area contributed by atoms with Crippen molar-refractivity contribution < 1.29 is 9.18 Å². The van der Waals surface area contributed by atoms with E-state index in [9.17, 15) is 9.18 Å². The van der Waals surface area contributed by atoms with Gasteiger partial charge in [-0.2, -0.15) is 0 Å². The standard InChI is InChI=1S/C14H19FN2O/c1-2-16-13-7-4-8-17(14(13)18)10-11-5-3-6-12(15)9-11/h3,5-6,9,13,16H,2,4,7-8,10H2,1H3. The maximum Gasteiger partial charge on any atom is 0.240 e. The fourth-order valence-corrected chi connectivity index (χ4v) is 2.39. The molecule has 2 rings (SSSR count). The minimum atomic E-state index is -0.250. The fraction of sp³-hybridized carbons (Fsp3) is 0.500. The smallest absolute Gasteiger partial charge is 0.240 e. The van der Waals surface area contributed by atoms with Crippen LogP contribution in [0.25, 0.3) is 0 Å². The number of likely N-dealkylation sites (N-methyl/N-ethyl adjacent to an activating group) is 1. The first-order chi connectivity index (χ1) is 8.70. The quantitative estimate of drug-likeness (QED) is 0.885. The van der Waals surface area contributed by atoms with Gasteiger partial charge in [0, 0.05) is 13.1 Å². The minimum Gasteiger partial charge on any atom is -0.337 e. The fourth-order valence-electron chi connectivity index (χ4n) is 2.39. The zero-order valence-corrected chi connectivity index (χ0v) is 10.7. The number of amides is 1. The van der Waals surface area contributed by atoms with Crippen molar-refractivity contribution >= 4 is 5.91 Å². The first kappa shape index (κ1) is 13.0. The summed E-state index contributed by atoms with van der Waals surface area (Å²) in [5, 5.41) is 3.20. The van der Waals surface area contributed by atoms with E-state index in [-0.39, 0.29) is 17.8 Å². The second-order valence-corrected chi connectivity index (χ2v) is 4.64. The molecule has 0 aromatic heterocycles. The normalized spacial score (nSPS) is 20.2. The molecule has 1 aromatic carbocycles. The Morgan fingerprint density at radius 1 is 1.50 bits per heavy atom. The molecule has 0 saturated carbocycles. The second kappa shape index (κ2) is 5.96. The number of carbonyl (C=O) groups is 1. The van der Waals surface area contributed by atoms with Crippen LogP contribution in [0.1, 0.15) is 25.3 Å². The van der Waals surface area contributed by atoms with E-state index in [2.05, 4.69) is 5.32 Å². The van der Waals surface area contributed by atoms with Gasteiger partial charge in [-0.25, -0.2) is 4.39 Å². The maximum absolute atomic E-state index is 13.1. The molecule has 1 saturated heterocycles. The lowest BCUT2D eigenvalue weighted by Gasteiger charge is -2.32. The summed E-state index contributed by atoms with van der Waals surface area (Å²) in [6.45, 7) is 4.05. The van der Waals surface area contributed by atoms with Gasteiger partial charge in [0.15, 0.2) is 0 Å². The van der Waals surface area contributed by atoms with E-state index in [4.69, 9.17) is 0 Å². The third kappa shape index (κ3) is 3.07. The molecule has 0 bridgehead atoms. The van der Waals surface area contributed by atoms with Gasteiger partial charge in [0.05, 0.1) is 6.04 Å². The van der Waals surface area contributed by atoms with Crippen LogP contribution in [0.15, 0.2) is 24.3 Å². The van der Waals surface area contributed by atoms with Crippen molar-refractivity contribution in [2.24, 2.45) is 0 Å². The zero-order valence-electron chi connectivity index (χ0n) is 10.7. The van der Waals surface area contributed by atoms with E-state index in [0.717, 1.165) is 31.5 Å². The number of piperidine rings is 1. The summed E-state index contributed by atoms with van der Waals surface area (Å²) in [7, 11) is 0.